The minimum atomic E-state index is -0.783. The Labute approximate surface area is 293 Å². The molecule has 2 bridgehead atoms. The monoisotopic (exact) mass is 652 g/mol. The van der Waals surface area contributed by atoms with Gasteiger partial charge in [0.05, 0.1) is 22.9 Å². The summed E-state index contributed by atoms with van der Waals surface area (Å²) >= 11 is 0. The lowest BCUT2D eigenvalue weighted by atomic mass is 9.47. The maximum atomic E-state index is 14.8. The highest BCUT2D eigenvalue weighted by molar-refractivity contribution is 6.27. The molecule has 254 valence electrons. The molecule has 2 amide bonds. The SMILES string of the molecule is CCCCCCCCCCCCCCCCN=CC12c3ccccc3C(c3ccccc31)[C@@H]1C(=O)N(c3cccc4ccccc34)C(=O)[C@H]12. The zero-order valence-electron chi connectivity index (χ0n) is 29.3. The van der Waals surface area contributed by atoms with Crippen LogP contribution < -0.4 is 4.90 Å². The summed E-state index contributed by atoms with van der Waals surface area (Å²) < 4.78 is 0. The first-order chi connectivity index (χ1) is 24.2. The van der Waals surface area contributed by atoms with Crippen LogP contribution in [0.2, 0.25) is 0 Å². The zero-order valence-corrected chi connectivity index (χ0v) is 29.3. The number of imide groups is 1. The number of rotatable bonds is 17. The van der Waals surface area contributed by atoms with Crippen LogP contribution in [0.25, 0.3) is 10.8 Å². The van der Waals surface area contributed by atoms with Gasteiger partial charge in [-0.15, -0.1) is 0 Å². The number of anilines is 1. The highest BCUT2D eigenvalue weighted by atomic mass is 16.2. The maximum absolute atomic E-state index is 14.8. The molecule has 4 aliphatic rings. The van der Waals surface area contributed by atoms with E-state index in [4.69, 9.17) is 4.99 Å². The van der Waals surface area contributed by atoms with E-state index in [1.54, 1.807) is 0 Å². The van der Waals surface area contributed by atoms with Gasteiger partial charge in [0.25, 0.3) is 0 Å². The lowest BCUT2D eigenvalue weighted by Gasteiger charge is -2.52. The van der Waals surface area contributed by atoms with Gasteiger partial charge in [0.1, 0.15) is 0 Å². The fraction of sp³-hybridized carbons (Fsp3) is 0.444. The van der Waals surface area contributed by atoms with Crippen LogP contribution in [0.3, 0.4) is 0 Å². The van der Waals surface area contributed by atoms with Gasteiger partial charge in [0, 0.05) is 24.1 Å². The molecule has 0 spiro atoms. The third-order valence-corrected chi connectivity index (χ3v) is 11.6. The molecule has 0 N–H and O–H groups in total. The van der Waals surface area contributed by atoms with Crippen molar-refractivity contribution in [2.75, 3.05) is 11.4 Å². The van der Waals surface area contributed by atoms with Crippen LogP contribution in [0.15, 0.2) is 96.0 Å². The highest BCUT2D eigenvalue weighted by Gasteiger charge is 2.68. The van der Waals surface area contributed by atoms with Crippen molar-refractivity contribution in [3.63, 3.8) is 0 Å². The van der Waals surface area contributed by atoms with Crippen molar-refractivity contribution >= 4 is 34.5 Å². The van der Waals surface area contributed by atoms with Gasteiger partial charge in [-0.25, -0.2) is 4.90 Å². The zero-order chi connectivity index (χ0) is 33.6. The smallest absolute Gasteiger partial charge is 0.239 e. The summed E-state index contributed by atoms with van der Waals surface area (Å²) in [6, 6.07) is 30.9. The van der Waals surface area contributed by atoms with Crippen molar-refractivity contribution in [2.24, 2.45) is 16.8 Å². The lowest BCUT2D eigenvalue weighted by Crippen LogP contribution is -2.54. The average Bonchev–Trinajstić information content (AvgIpc) is 3.41. The van der Waals surface area contributed by atoms with Crippen LogP contribution in [0, 0.1) is 11.8 Å². The largest absolute Gasteiger partial charge is 0.296 e. The average molecular weight is 653 g/mol. The molecule has 4 nitrogen and oxygen atoms in total. The van der Waals surface area contributed by atoms with E-state index in [-0.39, 0.29) is 17.7 Å². The first kappa shape index (κ1) is 33.4. The fourth-order valence-corrected chi connectivity index (χ4v) is 9.30. The van der Waals surface area contributed by atoms with Gasteiger partial charge in [-0.2, -0.15) is 0 Å². The van der Waals surface area contributed by atoms with Gasteiger partial charge in [-0.3, -0.25) is 14.6 Å². The molecule has 0 saturated carbocycles. The first-order valence-corrected chi connectivity index (χ1v) is 19.2. The lowest BCUT2D eigenvalue weighted by molar-refractivity contribution is -0.122. The number of fused-ring (bicyclic) bond motifs is 1. The molecule has 4 aromatic rings. The quantitative estimate of drug-likeness (QED) is 0.0647. The Morgan fingerprint density at radius 2 is 1.14 bits per heavy atom. The number of nitrogens with zero attached hydrogens (tertiary/aromatic N) is 2. The molecule has 0 unspecified atom stereocenters. The first-order valence-electron chi connectivity index (χ1n) is 19.2. The molecular weight excluding hydrogens is 601 g/mol. The second-order valence-corrected chi connectivity index (χ2v) is 14.7. The van der Waals surface area contributed by atoms with Crippen molar-refractivity contribution in [3.8, 4) is 0 Å². The Kier molecular flexibility index (Phi) is 10.4. The Hall–Kier alpha value is -4.05. The number of benzene rings is 4. The Morgan fingerprint density at radius 1 is 0.612 bits per heavy atom. The minimum absolute atomic E-state index is 0.0925. The second-order valence-electron chi connectivity index (χ2n) is 14.7. The Balaban J connectivity index is 1.06. The fourth-order valence-electron chi connectivity index (χ4n) is 9.30. The topological polar surface area (TPSA) is 49.7 Å². The molecule has 0 aromatic heterocycles. The minimum Gasteiger partial charge on any atom is -0.296 e. The summed E-state index contributed by atoms with van der Waals surface area (Å²) in [4.78, 5) is 36.1. The van der Waals surface area contributed by atoms with Gasteiger partial charge in [0.2, 0.25) is 11.8 Å². The van der Waals surface area contributed by atoms with E-state index in [9.17, 15) is 9.59 Å². The van der Waals surface area contributed by atoms with E-state index in [1.807, 2.05) is 42.5 Å². The van der Waals surface area contributed by atoms with Gasteiger partial charge in [-0.05, 0) is 40.1 Å². The van der Waals surface area contributed by atoms with Gasteiger partial charge < -0.3 is 0 Å². The maximum Gasteiger partial charge on any atom is 0.239 e. The number of carbonyl (C=O) groups is 2. The summed E-state index contributed by atoms with van der Waals surface area (Å²) in [5, 5.41) is 1.95. The molecule has 2 atom stereocenters. The van der Waals surface area contributed by atoms with Gasteiger partial charge in [-0.1, -0.05) is 175 Å². The summed E-state index contributed by atoms with van der Waals surface area (Å²) in [5.74, 6) is -1.36. The third-order valence-electron chi connectivity index (χ3n) is 11.6. The van der Waals surface area contributed by atoms with Crippen molar-refractivity contribution in [1.82, 2.24) is 0 Å². The molecule has 0 radical (unpaired) electrons. The van der Waals surface area contributed by atoms with Crippen LogP contribution in [-0.4, -0.2) is 24.6 Å². The van der Waals surface area contributed by atoms with E-state index in [0.717, 1.165) is 46.0 Å². The number of amides is 2. The van der Waals surface area contributed by atoms with Crippen LogP contribution in [0.4, 0.5) is 5.69 Å². The normalized spacial score (nSPS) is 22.2. The predicted molar refractivity (Wildman–Crippen MR) is 203 cm³/mol. The molecule has 4 aromatic carbocycles. The third kappa shape index (κ3) is 6.17. The molecule has 4 heteroatoms. The van der Waals surface area contributed by atoms with E-state index >= 15 is 0 Å². The van der Waals surface area contributed by atoms with Crippen molar-refractivity contribution < 1.29 is 9.59 Å². The van der Waals surface area contributed by atoms with Crippen LogP contribution in [0.1, 0.15) is 125 Å². The molecule has 1 aliphatic heterocycles. The van der Waals surface area contributed by atoms with Gasteiger partial charge in [0.15, 0.2) is 0 Å². The molecule has 3 aliphatic carbocycles. The standard InChI is InChI=1S/C45H52N2O2/c1-2-3-4-5-6-7-8-9-10-11-12-13-14-21-31-46-32-45-37-28-19-17-26-35(37)40(36-27-18-20-29-38(36)45)41-42(45)44(49)47(43(41)48)39-30-22-24-33-23-15-16-25-34(33)39/h15-20,22-30,32,40-42H,2-14,21,31H2,1H3/t40?,41-,42-,45?/m0/s1. The Morgan fingerprint density at radius 3 is 1.78 bits per heavy atom. The number of hydrogen-bond acceptors (Lipinski definition) is 3. The van der Waals surface area contributed by atoms with Crippen molar-refractivity contribution in [3.05, 3.63) is 113 Å². The second kappa shape index (κ2) is 15.2. The highest BCUT2D eigenvalue weighted by Crippen LogP contribution is 2.63. The molecule has 1 fully saturated rings. The number of aliphatic imine (C=N–C) groups is 1. The van der Waals surface area contributed by atoms with Crippen LogP contribution >= 0.6 is 0 Å². The van der Waals surface area contributed by atoms with Crippen LogP contribution in [0.5, 0.6) is 0 Å². The van der Waals surface area contributed by atoms with E-state index < -0.39 is 17.3 Å². The summed E-state index contributed by atoms with van der Waals surface area (Å²) in [5.41, 5.74) is 4.48. The number of unbranched alkanes of at least 4 members (excludes halogenated alkanes) is 13. The van der Waals surface area contributed by atoms with E-state index in [2.05, 4.69) is 61.7 Å². The van der Waals surface area contributed by atoms with Crippen molar-refractivity contribution in [1.29, 1.82) is 0 Å². The molecular formula is C45H52N2O2. The Bertz CT molecular complexity index is 1750. The predicted octanol–water partition coefficient (Wildman–Crippen LogP) is 10.9. The molecule has 1 heterocycles. The van der Waals surface area contributed by atoms with E-state index in [0.29, 0.717) is 5.69 Å². The molecule has 1 saturated heterocycles. The summed E-state index contributed by atoms with van der Waals surface area (Å²) in [6.45, 7) is 3.02. The molecule has 8 rings (SSSR count). The van der Waals surface area contributed by atoms with Crippen LogP contribution in [-0.2, 0) is 15.0 Å². The number of hydrogen-bond donors (Lipinski definition) is 0. The van der Waals surface area contributed by atoms with Gasteiger partial charge >= 0.3 is 0 Å². The van der Waals surface area contributed by atoms with E-state index in [1.165, 1.54) is 88.4 Å². The summed E-state index contributed by atoms with van der Waals surface area (Å²) in [7, 11) is 0. The summed E-state index contributed by atoms with van der Waals surface area (Å²) in [6.07, 6.45) is 20.7. The van der Waals surface area contributed by atoms with Crippen molar-refractivity contribution in [2.45, 2.75) is 108 Å². The molecule has 49 heavy (non-hydrogen) atoms. The number of carbonyl (C=O) groups excluding carboxylic acids is 2.